The minimum atomic E-state index is -1.16. The molecule has 0 saturated carbocycles. The van der Waals surface area contributed by atoms with Gasteiger partial charge >= 0.3 is 11.9 Å². The van der Waals surface area contributed by atoms with Crippen LogP contribution in [-0.2, 0) is 9.53 Å². The molecule has 0 amide bonds. The van der Waals surface area contributed by atoms with Gasteiger partial charge in [0.1, 0.15) is 23.7 Å². The number of esters is 1. The summed E-state index contributed by atoms with van der Waals surface area (Å²) in [6.45, 7) is 2.17. The van der Waals surface area contributed by atoms with Gasteiger partial charge in [0, 0.05) is 38.9 Å². The van der Waals surface area contributed by atoms with Crippen LogP contribution >= 0.6 is 11.6 Å². The summed E-state index contributed by atoms with van der Waals surface area (Å²) in [5, 5.41) is 9.92. The first kappa shape index (κ1) is 23.3. The molecular formula is C20H24ClNO6. The zero-order chi connectivity index (χ0) is 21.1. The van der Waals surface area contributed by atoms with Crippen LogP contribution in [0.25, 0.3) is 0 Å². The van der Waals surface area contributed by atoms with Crippen molar-refractivity contribution in [1.29, 1.82) is 0 Å². The molecule has 0 radical (unpaired) electrons. The van der Waals surface area contributed by atoms with Crippen molar-refractivity contribution in [2.75, 3.05) is 39.3 Å². The van der Waals surface area contributed by atoms with Crippen molar-refractivity contribution in [1.82, 2.24) is 0 Å². The maximum Gasteiger partial charge on any atom is 0.339 e. The van der Waals surface area contributed by atoms with Crippen LogP contribution in [0.2, 0.25) is 5.02 Å². The van der Waals surface area contributed by atoms with E-state index in [1.165, 1.54) is 19.1 Å². The zero-order valence-corrected chi connectivity index (χ0v) is 17.0. The van der Waals surface area contributed by atoms with Gasteiger partial charge in [0.25, 0.3) is 0 Å². The number of carbonyl (C=O) groups is 2. The number of nitrogens with zero attached hydrogens (tertiary/aromatic N) is 1. The number of ether oxygens (including phenoxy) is 3. The molecule has 28 heavy (non-hydrogen) atoms. The average molecular weight is 410 g/mol. The number of hydrogen-bond acceptors (Lipinski definition) is 6. The van der Waals surface area contributed by atoms with E-state index >= 15 is 0 Å². The van der Waals surface area contributed by atoms with Gasteiger partial charge in [-0.3, -0.25) is 4.79 Å². The average Bonchev–Trinajstić information content (AvgIpc) is 2.63. The first-order chi connectivity index (χ1) is 13.3. The largest absolute Gasteiger partial charge is 0.492 e. The predicted molar refractivity (Wildman–Crippen MR) is 108 cm³/mol. The van der Waals surface area contributed by atoms with Crippen LogP contribution in [0.3, 0.4) is 0 Å². The van der Waals surface area contributed by atoms with Crippen LogP contribution in [0, 0.1) is 0 Å². The highest BCUT2D eigenvalue weighted by atomic mass is 35.5. The van der Waals surface area contributed by atoms with E-state index in [1.807, 2.05) is 11.9 Å². The van der Waals surface area contributed by atoms with Gasteiger partial charge in [-0.1, -0.05) is 11.6 Å². The van der Waals surface area contributed by atoms with E-state index in [0.29, 0.717) is 29.6 Å². The van der Waals surface area contributed by atoms with Crippen molar-refractivity contribution in [3.63, 3.8) is 0 Å². The lowest BCUT2D eigenvalue weighted by Gasteiger charge is -2.20. The topological polar surface area (TPSA) is 85.3 Å². The van der Waals surface area contributed by atoms with Gasteiger partial charge < -0.3 is 24.2 Å². The van der Waals surface area contributed by atoms with Gasteiger partial charge in [-0.2, -0.15) is 0 Å². The summed E-state index contributed by atoms with van der Waals surface area (Å²) in [7, 11) is 5.07. The van der Waals surface area contributed by atoms with Gasteiger partial charge in [0.05, 0.1) is 6.54 Å². The monoisotopic (exact) mass is 409 g/mol. The number of halogens is 1. The maximum absolute atomic E-state index is 11.4. The minimum absolute atomic E-state index is 0.0227. The fraction of sp³-hybridized carbons (Fsp3) is 0.300. The van der Waals surface area contributed by atoms with Gasteiger partial charge in [0.15, 0.2) is 0 Å². The number of hydrogen-bond donors (Lipinski definition) is 1. The Labute approximate surface area is 169 Å². The fourth-order valence-electron chi connectivity index (χ4n) is 2.13. The number of carboxylic acids is 1. The van der Waals surface area contributed by atoms with Gasteiger partial charge in [-0.15, -0.1) is 0 Å². The number of carbonyl (C=O) groups excluding carboxylic acids is 1. The van der Waals surface area contributed by atoms with Gasteiger partial charge in [0.2, 0.25) is 0 Å². The van der Waals surface area contributed by atoms with Crippen molar-refractivity contribution < 1.29 is 28.9 Å². The van der Waals surface area contributed by atoms with E-state index < -0.39 is 11.9 Å². The third kappa shape index (κ3) is 7.85. The van der Waals surface area contributed by atoms with Crippen molar-refractivity contribution in [2.24, 2.45) is 0 Å². The molecule has 0 heterocycles. The fourth-order valence-corrected chi connectivity index (χ4v) is 2.25. The number of anilines is 1. The molecule has 2 aromatic carbocycles. The molecule has 0 aliphatic rings. The number of aromatic carboxylic acids is 1. The molecule has 0 atom stereocenters. The Kier molecular flexibility index (Phi) is 9.84. The minimum Gasteiger partial charge on any atom is -0.492 e. The molecule has 7 nitrogen and oxygen atoms in total. The molecule has 0 saturated heterocycles. The zero-order valence-electron chi connectivity index (χ0n) is 16.3. The van der Waals surface area contributed by atoms with E-state index in [0.717, 1.165) is 0 Å². The second-order valence-electron chi connectivity index (χ2n) is 5.71. The molecule has 8 heteroatoms. The third-order valence-electron chi connectivity index (χ3n) is 3.40. The maximum atomic E-state index is 11.4. The highest BCUT2D eigenvalue weighted by Crippen LogP contribution is 2.25. The van der Waals surface area contributed by atoms with E-state index in [2.05, 4.69) is 4.74 Å². The summed E-state index contributed by atoms with van der Waals surface area (Å²) >= 11 is 5.82. The summed E-state index contributed by atoms with van der Waals surface area (Å²) in [6.07, 6.45) is 0. The quantitative estimate of drug-likeness (QED) is 0.550. The summed E-state index contributed by atoms with van der Waals surface area (Å²) in [6, 6.07) is 11.7. The molecular weight excluding hydrogens is 386 g/mol. The summed E-state index contributed by atoms with van der Waals surface area (Å²) in [4.78, 5) is 24.3. The van der Waals surface area contributed by atoms with Crippen LogP contribution in [0.5, 0.6) is 11.5 Å². The SMILES string of the molecule is CC(=O)Oc1ccc(N(C)CCOc2ccc(Cl)cc2)cc1C(=O)O.COC. The lowest BCUT2D eigenvalue weighted by Crippen LogP contribution is -2.24. The molecule has 0 aromatic heterocycles. The molecule has 0 aliphatic carbocycles. The van der Waals surface area contributed by atoms with Crippen molar-refractivity contribution >= 4 is 29.2 Å². The molecule has 2 aromatic rings. The lowest BCUT2D eigenvalue weighted by molar-refractivity contribution is -0.131. The van der Waals surface area contributed by atoms with Gasteiger partial charge in [-0.25, -0.2) is 4.79 Å². The standard InChI is InChI=1S/C18H18ClNO5.C2H6O/c1-12(21)25-17-8-5-14(11-16(17)18(22)23)20(2)9-10-24-15-6-3-13(19)4-7-15;1-3-2/h3-8,11H,9-10H2,1-2H3,(H,22,23);1-2H3. The van der Waals surface area contributed by atoms with Crippen molar-refractivity contribution in [3.8, 4) is 11.5 Å². The normalized spacial score (nSPS) is 9.75. The first-order valence-electron chi connectivity index (χ1n) is 8.33. The number of carboxylic acid groups (broad SMARTS) is 1. The molecule has 0 aliphatic heterocycles. The lowest BCUT2D eigenvalue weighted by atomic mass is 10.1. The molecule has 0 fully saturated rings. The van der Waals surface area contributed by atoms with E-state index in [4.69, 9.17) is 21.1 Å². The molecule has 0 spiro atoms. The molecule has 152 valence electrons. The summed E-state index contributed by atoms with van der Waals surface area (Å²) in [5.74, 6) is -1.01. The smallest absolute Gasteiger partial charge is 0.339 e. The molecule has 0 unspecified atom stereocenters. The van der Waals surface area contributed by atoms with Crippen molar-refractivity contribution in [3.05, 3.63) is 53.1 Å². The number of likely N-dealkylation sites (N-methyl/N-ethyl adjacent to an activating group) is 1. The van der Waals surface area contributed by atoms with Crippen LogP contribution < -0.4 is 14.4 Å². The highest BCUT2D eigenvalue weighted by Gasteiger charge is 2.15. The number of rotatable bonds is 7. The summed E-state index contributed by atoms with van der Waals surface area (Å²) < 4.78 is 14.8. The number of methoxy groups -OCH3 is 1. The van der Waals surface area contributed by atoms with Crippen LogP contribution in [-0.4, -0.2) is 51.5 Å². The van der Waals surface area contributed by atoms with E-state index in [1.54, 1.807) is 44.6 Å². The number of benzene rings is 2. The molecule has 2 rings (SSSR count). The Morgan fingerprint density at radius 1 is 1.11 bits per heavy atom. The second kappa shape index (κ2) is 11.8. The Morgan fingerprint density at radius 2 is 1.71 bits per heavy atom. The van der Waals surface area contributed by atoms with E-state index in [9.17, 15) is 14.7 Å². The van der Waals surface area contributed by atoms with Crippen LogP contribution in [0.4, 0.5) is 5.69 Å². The first-order valence-corrected chi connectivity index (χ1v) is 8.71. The highest BCUT2D eigenvalue weighted by molar-refractivity contribution is 6.30. The van der Waals surface area contributed by atoms with Crippen LogP contribution in [0.1, 0.15) is 17.3 Å². The van der Waals surface area contributed by atoms with Crippen molar-refractivity contribution in [2.45, 2.75) is 6.92 Å². The predicted octanol–water partition coefficient (Wildman–Crippen LogP) is 3.74. The Bertz CT molecular complexity index is 779. The molecule has 0 bridgehead atoms. The Morgan fingerprint density at radius 3 is 2.25 bits per heavy atom. The second-order valence-corrected chi connectivity index (χ2v) is 6.15. The van der Waals surface area contributed by atoms with Crippen LogP contribution in [0.15, 0.2) is 42.5 Å². The molecule has 1 N–H and O–H groups in total. The third-order valence-corrected chi connectivity index (χ3v) is 3.65. The van der Waals surface area contributed by atoms with Gasteiger partial charge in [-0.05, 0) is 42.5 Å². The Hall–Kier alpha value is -2.77. The van der Waals surface area contributed by atoms with E-state index in [-0.39, 0.29) is 11.3 Å². The summed E-state index contributed by atoms with van der Waals surface area (Å²) in [5.41, 5.74) is 0.603. The Balaban J connectivity index is 0.00000122.